The molecule has 0 bridgehead atoms. The van der Waals surface area contributed by atoms with Crippen molar-refractivity contribution < 1.29 is 9.53 Å². The maximum absolute atomic E-state index is 11.6. The predicted molar refractivity (Wildman–Crippen MR) is 97.5 cm³/mol. The van der Waals surface area contributed by atoms with E-state index in [4.69, 9.17) is 10.5 Å². The van der Waals surface area contributed by atoms with Crippen LogP contribution in [-0.2, 0) is 11.3 Å². The number of methoxy groups -OCH3 is 1. The highest BCUT2D eigenvalue weighted by Gasteiger charge is 2.31. The Labute approximate surface area is 149 Å². The summed E-state index contributed by atoms with van der Waals surface area (Å²) in [4.78, 5) is 14.0. The number of esters is 1. The number of ether oxygens (including phenoxy) is 1. The highest BCUT2D eigenvalue weighted by molar-refractivity contribution is 5.89. The van der Waals surface area contributed by atoms with E-state index < -0.39 is 0 Å². The normalized spacial score (nSPS) is 20.4. The monoisotopic (exact) mass is 346 g/mol. The Hall–Kier alpha value is -1.88. The molecule has 2 aromatic carbocycles. The van der Waals surface area contributed by atoms with Gasteiger partial charge in [-0.1, -0.05) is 42.5 Å². The van der Waals surface area contributed by atoms with E-state index in [2.05, 4.69) is 29.2 Å². The van der Waals surface area contributed by atoms with Gasteiger partial charge in [0, 0.05) is 31.6 Å². The summed E-state index contributed by atoms with van der Waals surface area (Å²) in [6, 6.07) is 18.2. The maximum atomic E-state index is 11.6. The lowest BCUT2D eigenvalue weighted by atomic mass is 9.95. The molecule has 0 unspecified atom stereocenters. The van der Waals surface area contributed by atoms with Crippen LogP contribution in [0, 0.1) is 0 Å². The van der Waals surface area contributed by atoms with Gasteiger partial charge < -0.3 is 10.5 Å². The molecule has 2 aromatic rings. The largest absolute Gasteiger partial charge is 0.465 e. The van der Waals surface area contributed by atoms with Crippen LogP contribution < -0.4 is 5.73 Å². The zero-order valence-corrected chi connectivity index (χ0v) is 14.5. The smallest absolute Gasteiger partial charge is 0.337 e. The number of halogens is 1. The molecule has 2 N–H and O–H groups in total. The van der Waals surface area contributed by atoms with Crippen LogP contribution in [0.3, 0.4) is 0 Å². The lowest BCUT2D eigenvalue weighted by Crippen LogP contribution is -2.28. The van der Waals surface area contributed by atoms with Gasteiger partial charge in [-0.3, -0.25) is 4.90 Å². The molecule has 5 heteroatoms. The summed E-state index contributed by atoms with van der Waals surface area (Å²) >= 11 is 0. The van der Waals surface area contributed by atoms with Crippen LogP contribution in [0.15, 0.2) is 54.6 Å². The van der Waals surface area contributed by atoms with E-state index in [0.29, 0.717) is 11.5 Å². The molecule has 24 heavy (non-hydrogen) atoms. The minimum atomic E-state index is -0.299. The summed E-state index contributed by atoms with van der Waals surface area (Å²) in [6.45, 7) is 2.59. The summed E-state index contributed by atoms with van der Waals surface area (Å²) in [6.07, 6.45) is 0. The van der Waals surface area contributed by atoms with Crippen molar-refractivity contribution in [2.75, 3.05) is 20.2 Å². The second-order valence-corrected chi connectivity index (χ2v) is 6.07. The molecule has 1 fully saturated rings. The minimum absolute atomic E-state index is 0. The Morgan fingerprint density at radius 1 is 1.17 bits per heavy atom. The highest BCUT2D eigenvalue weighted by atomic mass is 35.5. The summed E-state index contributed by atoms with van der Waals surface area (Å²) < 4.78 is 4.78. The number of nitrogens with two attached hydrogens (primary N) is 1. The molecule has 0 amide bonds. The first-order chi connectivity index (χ1) is 11.2. The van der Waals surface area contributed by atoms with E-state index in [1.165, 1.54) is 12.7 Å². The molecule has 0 spiro atoms. The van der Waals surface area contributed by atoms with Gasteiger partial charge in [-0.15, -0.1) is 12.4 Å². The van der Waals surface area contributed by atoms with Gasteiger partial charge in [0.1, 0.15) is 0 Å². The van der Waals surface area contributed by atoms with Crippen molar-refractivity contribution in [1.82, 2.24) is 4.90 Å². The van der Waals surface area contributed by atoms with Crippen LogP contribution >= 0.6 is 12.4 Å². The first-order valence-corrected chi connectivity index (χ1v) is 7.87. The molecule has 0 aromatic heterocycles. The second kappa shape index (κ2) is 8.29. The molecule has 4 nitrogen and oxygen atoms in total. The number of nitrogens with zero attached hydrogens (tertiary/aromatic N) is 1. The van der Waals surface area contributed by atoms with Crippen molar-refractivity contribution in [3.8, 4) is 0 Å². The number of benzene rings is 2. The number of carbonyl (C=O) groups is 1. The Kier molecular flexibility index (Phi) is 6.37. The molecular formula is C19H23ClN2O2. The van der Waals surface area contributed by atoms with Gasteiger partial charge in [0.25, 0.3) is 0 Å². The van der Waals surface area contributed by atoms with Crippen molar-refractivity contribution in [2.45, 2.75) is 18.5 Å². The quantitative estimate of drug-likeness (QED) is 0.865. The number of carbonyl (C=O) groups excluding carboxylic acids is 1. The third kappa shape index (κ3) is 4.15. The molecule has 1 aliphatic rings. The molecule has 0 radical (unpaired) electrons. The van der Waals surface area contributed by atoms with Gasteiger partial charge in [0.05, 0.1) is 12.7 Å². The average molecular weight is 347 g/mol. The van der Waals surface area contributed by atoms with E-state index in [0.717, 1.165) is 25.2 Å². The third-order valence-electron chi connectivity index (χ3n) is 4.42. The van der Waals surface area contributed by atoms with Crippen LogP contribution in [0.5, 0.6) is 0 Å². The first kappa shape index (κ1) is 18.5. The topological polar surface area (TPSA) is 55.6 Å². The molecule has 128 valence electrons. The SMILES string of the molecule is COC(=O)c1cccc(CN2C[C@@H](N)[C@H](c3ccccc3)C2)c1.Cl. The summed E-state index contributed by atoms with van der Waals surface area (Å²) in [7, 11) is 1.40. The van der Waals surface area contributed by atoms with Crippen LogP contribution in [0.25, 0.3) is 0 Å². The third-order valence-corrected chi connectivity index (χ3v) is 4.42. The Bertz CT molecular complexity index is 678. The Morgan fingerprint density at radius 3 is 2.62 bits per heavy atom. The zero-order chi connectivity index (χ0) is 16.2. The zero-order valence-electron chi connectivity index (χ0n) is 13.7. The molecular weight excluding hydrogens is 324 g/mol. The van der Waals surface area contributed by atoms with Crippen molar-refractivity contribution in [1.29, 1.82) is 0 Å². The van der Waals surface area contributed by atoms with E-state index >= 15 is 0 Å². The summed E-state index contributed by atoms with van der Waals surface area (Å²) in [5, 5.41) is 0. The first-order valence-electron chi connectivity index (χ1n) is 7.87. The molecule has 0 aliphatic carbocycles. The Balaban J connectivity index is 0.00000208. The van der Waals surface area contributed by atoms with E-state index in [1.807, 2.05) is 24.3 Å². The average Bonchev–Trinajstić information content (AvgIpc) is 2.95. The van der Waals surface area contributed by atoms with Crippen molar-refractivity contribution >= 4 is 18.4 Å². The molecule has 3 rings (SSSR count). The lowest BCUT2D eigenvalue weighted by Gasteiger charge is -2.16. The maximum Gasteiger partial charge on any atom is 0.337 e. The van der Waals surface area contributed by atoms with Crippen molar-refractivity contribution in [2.24, 2.45) is 5.73 Å². The summed E-state index contributed by atoms with van der Waals surface area (Å²) in [5.41, 5.74) is 9.33. The van der Waals surface area contributed by atoms with Crippen molar-refractivity contribution in [3.05, 3.63) is 71.3 Å². The number of likely N-dealkylation sites (tertiary alicyclic amines) is 1. The molecule has 1 saturated heterocycles. The summed E-state index contributed by atoms with van der Waals surface area (Å²) in [5.74, 6) is 0.0622. The van der Waals surface area contributed by atoms with Gasteiger partial charge >= 0.3 is 5.97 Å². The van der Waals surface area contributed by atoms with Gasteiger partial charge in [-0.25, -0.2) is 4.79 Å². The fourth-order valence-electron chi connectivity index (χ4n) is 3.27. The molecule has 0 saturated carbocycles. The van der Waals surface area contributed by atoms with E-state index in [1.54, 1.807) is 6.07 Å². The van der Waals surface area contributed by atoms with Crippen LogP contribution in [0.1, 0.15) is 27.4 Å². The fraction of sp³-hybridized carbons (Fsp3) is 0.316. The molecule has 1 aliphatic heterocycles. The van der Waals surface area contributed by atoms with Crippen LogP contribution in [0.4, 0.5) is 0 Å². The fourth-order valence-corrected chi connectivity index (χ4v) is 3.27. The van der Waals surface area contributed by atoms with Gasteiger partial charge in [0.15, 0.2) is 0 Å². The van der Waals surface area contributed by atoms with Gasteiger partial charge in [-0.05, 0) is 23.3 Å². The van der Waals surface area contributed by atoms with Crippen LogP contribution in [0.2, 0.25) is 0 Å². The van der Waals surface area contributed by atoms with Gasteiger partial charge in [-0.2, -0.15) is 0 Å². The molecule has 2 atom stereocenters. The lowest BCUT2D eigenvalue weighted by molar-refractivity contribution is 0.0600. The van der Waals surface area contributed by atoms with Gasteiger partial charge in [0.2, 0.25) is 0 Å². The van der Waals surface area contributed by atoms with E-state index in [9.17, 15) is 4.79 Å². The second-order valence-electron chi connectivity index (χ2n) is 6.07. The Morgan fingerprint density at radius 2 is 1.92 bits per heavy atom. The minimum Gasteiger partial charge on any atom is -0.465 e. The van der Waals surface area contributed by atoms with E-state index in [-0.39, 0.29) is 24.4 Å². The molecule has 1 heterocycles. The van der Waals surface area contributed by atoms with Crippen molar-refractivity contribution in [3.63, 3.8) is 0 Å². The number of hydrogen-bond acceptors (Lipinski definition) is 4. The number of hydrogen-bond donors (Lipinski definition) is 1. The number of rotatable bonds is 4. The highest BCUT2D eigenvalue weighted by Crippen LogP contribution is 2.27. The standard InChI is InChI=1S/C19H22N2O2.ClH/c1-23-19(22)16-9-5-6-14(10-16)11-21-12-17(18(20)13-21)15-7-3-2-4-8-15;/h2-10,17-18H,11-13,20H2,1H3;1H/t17-,18+;/m0./s1. The predicted octanol–water partition coefficient (Wildman–Crippen LogP) is 2.82. The van der Waals surface area contributed by atoms with Crippen LogP contribution in [-0.4, -0.2) is 37.1 Å².